The van der Waals surface area contributed by atoms with Gasteiger partial charge >= 0.3 is 0 Å². The number of hydrogen-bond acceptors (Lipinski definition) is 2. The summed E-state index contributed by atoms with van der Waals surface area (Å²) in [6, 6.07) is 64.5. The average molecular weight is 666 g/mol. The summed E-state index contributed by atoms with van der Waals surface area (Å²) in [5.74, 6) is 1.78. The van der Waals surface area contributed by atoms with E-state index >= 15 is 0 Å². The van der Waals surface area contributed by atoms with E-state index in [1.165, 1.54) is 60.8 Å². The number of ether oxygens (including phenoxy) is 1. The summed E-state index contributed by atoms with van der Waals surface area (Å²) in [5.41, 5.74) is 15.5. The SMILES string of the molecule is CC1(C)c2ccccc2-c2ccc(N(c3ccccc3)c3ccc4c(c3)Oc3cc5ccccc5cc3C43c4ccccc4-c4ccccc43)cc21. The summed E-state index contributed by atoms with van der Waals surface area (Å²) in [4.78, 5) is 2.38. The minimum atomic E-state index is -0.528. The van der Waals surface area contributed by atoms with Crippen molar-refractivity contribution in [3.63, 3.8) is 0 Å². The normalized spacial score (nSPS) is 14.8. The number of para-hydroxylation sites is 1. The molecule has 3 aliphatic rings. The molecule has 0 saturated heterocycles. The fourth-order valence-electron chi connectivity index (χ4n) is 9.58. The molecule has 0 unspecified atom stereocenters. The highest BCUT2D eigenvalue weighted by Gasteiger charge is 2.51. The van der Waals surface area contributed by atoms with Gasteiger partial charge in [0.15, 0.2) is 0 Å². The number of fused-ring (bicyclic) bond motifs is 13. The molecule has 2 heteroatoms. The first-order valence-corrected chi connectivity index (χ1v) is 18.2. The van der Waals surface area contributed by atoms with Crippen LogP contribution >= 0.6 is 0 Å². The minimum absolute atomic E-state index is 0.106. The molecule has 1 aliphatic heterocycles. The molecule has 2 aliphatic carbocycles. The Morgan fingerprint density at radius 3 is 1.60 bits per heavy atom. The summed E-state index contributed by atoms with van der Waals surface area (Å²) in [5, 5.41) is 2.38. The van der Waals surface area contributed by atoms with E-state index in [1.54, 1.807) is 0 Å². The van der Waals surface area contributed by atoms with Gasteiger partial charge in [0, 0.05) is 39.7 Å². The average Bonchev–Trinajstić information content (AvgIpc) is 3.61. The lowest BCUT2D eigenvalue weighted by Gasteiger charge is -2.40. The van der Waals surface area contributed by atoms with Crippen LogP contribution < -0.4 is 9.64 Å². The Morgan fingerprint density at radius 2 is 0.885 bits per heavy atom. The van der Waals surface area contributed by atoms with Crippen molar-refractivity contribution in [3.05, 3.63) is 209 Å². The van der Waals surface area contributed by atoms with Gasteiger partial charge in [-0.05, 0) is 97.7 Å². The zero-order valence-electron chi connectivity index (χ0n) is 29.1. The Morgan fingerprint density at radius 1 is 0.365 bits per heavy atom. The van der Waals surface area contributed by atoms with Crippen LogP contribution in [0.15, 0.2) is 176 Å². The van der Waals surface area contributed by atoms with E-state index in [0.717, 1.165) is 34.1 Å². The molecule has 0 fully saturated rings. The standard InChI is InChI=1S/C50H35NO/c1-49(2)41-21-11-8-18-37(41)40-26-24-35(30-45(40)49)51(34-16-4-3-5-17-34)36-25-27-44-48(31-36)52-47-29-33-15-7-6-14-32(33)28-46(47)50(44)42-22-12-9-19-38(42)39-20-10-13-23-43(39)50/h3-31H,1-2H3. The Hall–Kier alpha value is -6.38. The molecular weight excluding hydrogens is 631 g/mol. The molecular formula is C50H35NO. The third-order valence-electron chi connectivity index (χ3n) is 11.9. The van der Waals surface area contributed by atoms with Crippen molar-refractivity contribution in [3.8, 4) is 33.8 Å². The van der Waals surface area contributed by atoms with Crippen LogP contribution in [0.1, 0.15) is 47.2 Å². The molecule has 2 nitrogen and oxygen atoms in total. The van der Waals surface area contributed by atoms with Crippen LogP contribution in [-0.2, 0) is 10.8 Å². The van der Waals surface area contributed by atoms with E-state index in [4.69, 9.17) is 4.74 Å². The molecule has 52 heavy (non-hydrogen) atoms. The minimum Gasteiger partial charge on any atom is -0.457 e. The second kappa shape index (κ2) is 10.6. The lowest BCUT2D eigenvalue weighted by Crippen LogP contribution is -2.32. The predicted molar refractivity (Wildman–Crippen MR) is 214 cm³/mol. The van der Waals surface area contributed by atoms with Gasteiger partial charge in [-0.2, -0.15) is 0 Å². The van der Waals surface area contributed by atoms with Crippen LogP contribution in [0.5, 0.6) is 11.5 Å². The van der Waals surface area contributed by atoms with E-state index in [9.17, 15) is 0 Å². The van der Waals surface area contributed by atoms with Gasteiger partial charge in [-0.1, -0.05) is 141 Å². The summed E-state index contributed by atoms with van der Waals surface area (Å²) in [7, 11) is 0. The van der Waals surface area contributed by atoms with Crippen LogP contribution in [0, 0.1) is 0 Å². The quantitative estimate of drug-likeness (QED) is 0.186. The number of rotatable bonds is 3. The van der Waals surface area contributed by atoms with Gasteiger partial charge in [0.25, 0.3) is 0 Å². The summed E-state index contributed by atoms with van der Waals surface area (Å²) >= 11 is 0. The first kappa shape index (κ1) is 29.4. The van der Waals surface area contributed by atoms with E-state index in [-0.39, 0.29) is 5.41 Å². The highest BCUT2D eigenvalue weighted by molar-refractivity contribution is 5.93. The maximum absolute atomic E-state index is 7.09. The first-order chi connectivity index (χ1) is 25.5. The van der Waals surface area contributed by atoms with Gasteiger partial charge in [0.1, 0.15) is 11.5 Å². The molecule has 0 saturated carbocycles. The molecule has 0 N–H and O–H groups in total. The van der Waals surface area contributed by atoms with Crippen LogP contribution in [0.2, 0.25) is 0 Å². The Bertz CT molecular complexity index is 2710. The van der Waals surface area contributed by atoms with Gasteiger partial charge in [-0.25, -0.2) is 0 Å². The maximum atomic E-state index is 7.09. The van der Waals surface area contributed by atoms with Gasteiger partial charge in [-0.3, -0.25) is 0 Å². The van der Waals surface area contributed by atoms with E-state index < -0.39 is 5.41 Å². The van der Waals surface area contributed by atoms with Crippen molar-refractivity contribution in [2.75, 3.05) is 4.90 Å². The molecule has 0 bridgehead atoms. The Labute approximate surface area is 304 Å². The van der Waals surface area contributed by atoms with Crippen LogP contribution in [0.4, 0.5) is 17.1 Å². The zero-order valence-corrected chi connectivity index (χ0v) is 29.1. The number of anilines is 3. The zero-order chi connectivity index (χ0) is 34.6. The molecule has 246 valence electrons. The van der Waals surface area contributed by atoms with Crippen molar-refractivity contribution in [2.24, 2.45) is 0 Å². The second-order valence-electron chi connectivity index (χ2n) is 14.9. The largest absolute Gasteiger partial charge is 0.457 e. The Kier molecular flexibility index (Phi) is 5.97. The van der Waals surface area contributed by atoms with Gasteiger partial charge < -0.3 is 9.64 Å². The molecule has 8 aromatic rings. The fraction of sp³-hybridized carbons (Fsp3) is 0.0800. The summed E-state index contributed by atoms with van der Waals surface area (Å²) in [6.45, 7) is 4.69. The van der Waals surface area contributed by atoms with Crippen LogP contribution in [-0.4, -0.2) is 0 Å². The van der Waals surface area contributed by atoms with Gasteiger partial charge in [-0.15, -0.1) is 0 Å². The maximum Gasteiger partial charge on any atom is 0.134 e. The topological polar surface area (TPSA) is 12.5 Å². The molecule has 8 aromatic carbocycles. The number of benzene rings is 8. The smallest absolute Gasteiger partial charge is 0.134 e. The van der Waals surface area contributed by atoms with Crippen molar-refractivity contribution in [1.29, 1.82) is 0 Å². The van der Waals surface area contributed by atoms with E-state index in [1.807, 2.05) is 0 Å². The third kappa shape index (κ3) is 3.84. The van der Waals surface area contributed by atoms with Gasteiger partial charge in [0.2, 0.25) is 0 Å². The van der Waals surface area contributed by atoms with Crippen LogP contribution in [0.3, 0.4) is 0 Å². The number of hydrogen-bond donors (Lipinski definition) is 0. The number of nitrogens with zero attached hydrogens (tertiary/aromatic N) is 1. The Balaban J connectivity index is 1.16. The molecule has 0 aromatic heterocycles. The molecule has 0 atom stereocenters. The molecule has 1 spiro atoms. The van der Waals surface area contributed by atoms with Gasteiger partial charge in [0.05, 0.1) is 5.41 Å². The molecule has 0 amide bonds. The van der Waals surface area contributed by atoms with Crippen molar-refractivity contribution in [2.45, 2.75) is 24.7 Å². The highest BCUT2D eigenvalue weighted by atomic mass is 16.5. The second-order valence-corrected chi connectivity index (χ2v) is 14.9. The monoisotopic (exact) mass is 665 g/mol. The predicted octanol–water partition coefficient (Wildman–Crippen LogP) is 13.1. The van der Waals surface area contributed by atoms with Crippen molar-refractivity contribution in [1.82, 2.24) is 0 Å². The third-order valence-corrected chi connectivity index (χ3v) is 11.9. The lowest BCUT2D eigenvalue weighted by atomic mass is 9.66. The first-order valence-electron chi connectivity index (χ1n) is 18.2. The molecule has 1 heterocycles. The fourth-order valence-corrected chi connectivity index (χ4v) is 9.58. The van der Waals surface area contributed by atoms with E-state index in [2.05, 4.69) is 195 Å². The van der Waals surface area contributed by atoms with Crippen molar-refractivity contribution >= 4 is 27.8 Å². The lowest BCUT2D eigenvalue weighted by molar-refractivity contribution is 0.437. The molecule has 11 rings (SSSR count). The summed E-state index contributed by atoms with van der Waals surface area (Å²) < 4.78 is 7.09. The van der Waals surface area contributed by atoms with E-state index in [0.29, 0.717) is 0 Å². The van der Waals surface area contributed by atoms with Crippen molar-refractivity contribution < 1.29 is 4.74 Å². The summed E-state index contributed by atoms with van der Waals surface area (Å²) in [6.07, 6.45) is 0. The highest BCUT2D eigenvalue weighted by Crippen LogP contribution is 2.63. The molecule has 0 radical (unpaired) electrons. The van der Waals surface area contributed by atoms with Crippen LogP contribution in [0.25, 0.3) is 33.0 Å².